The number of benzene rings is 1. The molecule has 0 bridgehead atoms. The van der Waals surface area contributed by atoms with Crippen molar-refractivity contribution in [2.75, 3.05) is 12.0 Å². The fraction of sp³-hybridized carbons (Fsp3) is 0.267. The maximum absolute atomic E-state index is 11.6. The summed E-state index contributed by atoms with van der Waals surface area (Å²) < 4.78 is 5.50. The Bertz CT molecular complexity index is 707. The molecule has 0 aliphatic heterocycles. The average molecular weight is 286 g/mol. The second kappa shape index (κ2) is 6.69. The van der Waals surface area contributed by atoms with E-state index in [1.54, 1.807) is 20.1 Å². The summed E-state index contributed by atoms with van der Waals surface area (Å²) in [5.74, 6) is 1.07. The molecule has 6 heteroatoms. The van der Waals surface area contributed by atoms with Gasteiger partial charge in [-0.1, -0.05) is 12.1 Å². The van der Waals surface area contributed by atoms with E-state index in [1.807, 2.05) is 31.2 Å². The van der Waals surface area contributed by atoms with Gasteiger partial charge in [0.05, 0.1) is 12.8 Å². The molecule has 6 nitrogen and oxygen atoms in total. The molecule has 2 rings (SSSR count). The molecular formula is C15H18N4O2. The van der Waals surface area contributed by atoms with Gasteiger partial charge in [0.15, 0.2) is 0 Å². The lowest BCUT2D eigenvalue weighted by Gasteiger charge is -2.06. The van der Waals surface area contributed by atoms with E-state index in [0.717, 1.165) is 11.3 Å². The lowest BCUT2D eigenvalue weighted by Crippen LogP contribution is -2.15. The number of anilines is 1. The van der Waals surface area contributed by atoms with E-state index < -0.39 is 0 Å². The molecule has 0 fully saturated rings. The summed E-state index contributed by atoms with van der Waals surface area (Å²) in [4.78, 5) is 18.5. The first kappa shape index (κ1) is 14.8. The van der Waals surface area contributed by atoms with Crippen molar-refractivity contribution in [3.05, 3.63) is 51.4 Å². The largest absolute Gasteiger partial charge is 0.493 e. The monoisotopic (exact) mass is 286 g/mol. The molecule has 2 aromatic rings. The molecule has 0 saturated carbocycles. The number of rotatable bonds is 5. The number of hydrazone groups is 1. The van der Waals surface area contributed by atoms with Crippen LogP contribution in [0.25, 0.3) is 0 Å². The van der Waals surface area contributed by atoms with Gasteiger partial charge in [0.2, 0.25) is 5.95 Å². The van der Waals surface area contributed by atoms with Crippen LogP contribution in [0.1, 0.15) is 23.7 Å². The Hall–Kier alpha value is -2.63. The third-order valence-corrected chi connectivity index (χ3v) is 2.99. The molecule has 0 radical (unpaired) electrons. The summed E-state index contributed by atoms with van der Waals surface area (Å²) in [6, 6.07) is 7.58. The zero-order valence-electron chi connectivity index (χ0n) is 12.3. The van der Waals surface area contributed by atoms with E-state index in [0.29, 0.717) is 23.8 Å². The van der Waals surface area contributed by atoms with Crippen LogP contribution >= 0.6 is 0 Å². The zero-order chi connectivity index (χ0) is 15.2. The Balaban J connectivity index is 2.15. The second-order valence-corrected chi connectivity index (χ2v) is 4.47. The van der Waals surface area contributed by atoms with Crippen LogP contribution in [0.2, 0.25) is 0 Å². The van der Waals surface area contributed by atoms with E-state index in [4.69, 9.17) is 4.74 Å². The quantitative estimate of drug-likeness (QED) is 0.652. The summed E-state index contributed by atoms with van der Waals surface area (Å²) in [6.07, 6.45) is 1.63. The molecule has 1 heterocycles. The fourth-order valence-corrected chi connectivity index (χ4v) is 1.74. The number of hydrogen-bond donors (Lipinski definition) is 2. The van der Waals surface area contributed by atoms with Crippen LogP contribution in [0.4, 0.5) is 5.95 Å². The van der Waals surface area contributed by atoms with Crippen molar-refractivity contribution in [1.82, 2.24) is 9.97 Å². The number of nitrogens with zero attached hydrogens (tertiary/aromatic N) is 2. The van der Waals surface area contributed by atoms with Crippen LogP contribution in [0.15, 0.2) is 34.2 Å². The van der Waals surface area contributed by atoms with Crippen molar-refractivity contribution in [3.8, 4) is 5.75 Å². The molecule has 0 atom stereocenters. The minimum absolute atomic E-state index is 0.171. The van der Waals surface area contributed by atoms with Gasteiger partial charge >= 0.3 is 0 Å². The highest BCUT2D eigenvalue weighted by molar-refractivity contribution is 5.83. The van der Waals surface area contributed by atoms with Crippen LogP contribution in [0.5, 0.6) is 5.75 Å². The van der Waals surface area contributed by atoms with E-state index in [9.17, 15) is 4.79 Å². The van der Waals surface area contributed by atoms with Crippen LogP contribution < -0.4 is 15.7 Å². The molecule has 1 aromatic heterocycles. The van der Waals surface area contributed by atoms with Gasteiger partial charge in [0.1, 0.15) is 5.75 Å². The topological polar surface area (TPSA) is 79.4 Å². The standard InChI is InChI=1S/C15H18N4O2/c1-4-21-13-8-6-5-7-12(13)9-16-19-15-17-11(3)10(2)14(20)18-15/h5-9H,4H2,1-3H3,(H2,17,18,19,20)/b16-9-. The molecule has 110 valence electrons. The minimum atomic E-state index is -0.171. The van der Waals surface area contributed by atoms with Crippen molar-refractivity contribution >= 4 is 12.2 Å². The van der Waals surface area contributed by atoms with Crippen molar-refractivity contribution in [2.45, 2.75) is 20.8 Å². The van der Waals surface area contributed by atoms with Gasteiger partial charge in [0.25, 0.3) is 5.56 Å². The van der Waals surface area contributed by atoms with Crippen LogP contribution in [-0.4, -0.2) is 22.8 Å². The molecular weight excluding hydrogens is 268 g/mol. The number of aromatic amines is 1. The summed E-state index contributed by atoms with van der Waals surface area (Å²) in [5, 5.41) is 4.08. The Kier molecular flexibility index (Phi) is 4.71. The average Bonchev–Trinajstić information content (AvgIpc) is 2.47. The molecule has 0 unspecified atom stereocenters. The fourth-order valence-electron chi connectivity index (χ4n) is 1.74. The first-order chi connectivity index (χ1) is 10.1. The summed E-state index contributed by atoms with van der Waals surface area (Å²) in [5.41, 5.74) is 4.67. The van der Waals surface area contributed by atoms with Crippen molar-refractivity contribution in [3.63, 3.8) is 0 Å². The van der Waals surface area contributed by atoms with Crippen LogP contribution in [-0.2, 0) is 0 Å². The number of nitrogens with one attached hydrogen (secondary N) is 2. The highest BCUT2D eigenvalue weighted by Gasteiger charge is 2.02. The number of hydrogen-bond acceptors (Lipinski definition) is 5. The molecule has 0 amide bonds. The zero-order valence-corrected chi connectivity index (χ0v) is 12.3. The van der Waals surface area contributed by atoms with Gasteiger partial charge in [0, 0.05) is 16.8 Å². The second-order valence-electron chi connectivity index (χ2n) is 4.47. The Labute approximate surface area is 122 Å². The predicted octanol–water partition coefficient (Wildman–Crippen LogP) is 2.23. The third kappa shape index (κ3) is 3.68. The number of aromatic nitrogens is 2. The minimum Gasteiger partial charge on any atom is -0.493 e. The van der Waals surface area contributed by atoms with Gasteiger partial charge in [-0.15, -0.1) is 0 Å². The molecule has 0 aliphatic rings. The smallest absolute Gasteiger partial charge is 0.255 e. The first-order valence-electron chi connectivity index (χ1n) is 6.70. The van der Waals surface area contributed by atoms with E-state index in [-0.39, 0.29) is 5.56 Å². The Morgan fingerprint density at radius 1 is 1.38 bits per heavy atom. The number of para-hydroxylation sites is 1. The Morgan fingerprint density at radius 3 is 2.86 bits per heavy atom. The molecule has 1 aromatic carbocycles. The highest BCUT2D eigenvalue weighted by atomic mass is 16.5. The normalized spacial score (nSPS) is 10.8. The predicted molar refractivity (Wildman–Crippen MR) is 83.2 cm³/mol. The third-order valence-electron chi connectivity index (χ3n) is 2.99. The number of H-pyrrole nitrogens is 1. The number of aryl methyl sites for hydroxylation is 1. The van der Waals surface area contributed by atoms with E-state index >= 15 is 0 Å². The summed E-state index contributed by atoms with van der Waals surface area (Å²) >= 11 is 0. The van der Waals surface area contributed by atoms with Crippen LogP contribution in [0.3, 0.4) is 0 Å². The van der Waals surface area contributed by atoms with Crippen LogP contribution in [0, 0.1) is 13.8 Å². The van der Waals surface area contributed by atoms with E-state index in [1.165, 1.54) is 0 Å². The molecule has 2 N–H and O–H groups in total. The van der Waals surface area contributed by atoms with Gasteiger partial charge < -0.3 is 4.74 Å². The summed E-state index contributed by atoms with van der Waals surface area (Å²) in [7, 11) is 0. The highest BCUT2D eigenvalue weighted by Crippen LogP contribution is 2.15. The van der Waals surface area contributed by atoms with Gasteiger partial charge in [-0.3, -0.25) is 9.78 Å². The molecule has 0 spiro atoms. The van der Waals surface area contributed by atoms with E-state index in [2.05, 4.69) is 20.5 Å². The maximum atomic E-state index is 11.6. The summed E-state index contributed by atoms with van der Waals surface area (Å²) in [6.45, 7) is 6.02. The SMILES string of the molecule is CCOc1ccccc1/C=N\Nc1nc(C)c(C)c(=O)[nH]1. The lowest BCUT2D eigenvalue weighted by atomic mass is 10.2. The molecule has 0 aliphatic carbocycles. The van der Waals surface area contributed by atoms with Gasteiger partial charge in [-0.2, -0.15) is 5.10 Å². The molecule has 21 heavy (non-hydrogen) atoms. The van der Waals surface area contributed by atoms with Crippen molar-refractivity contribution in [1.29, 1.82) is 0 Å². The van der Waals surface area contributed by atoms with Crippen molar-refractivity contribution in [2.24, 2.45) is 5.10 Å². The van der Waals surface area contributed by atoms with Gasteiger partial charge in [-0.05, 0) is 32.9 Å². The Morgan fingerprint density at radius 2 is 2.14 bits per heavy atom. The first-order valence-corrected chi connectivity index (χ1v) is 6.70. The van der Waals surface area contributed by atoms with Crippen molar-refractivity contribution < 1.29 is 4.74 Å². The van der Waals surface area contributed by atoms with Gasteiger partial charge in [-0.25, -0.2) is 10.4 Å². The maximum Gasteiger partial charge on any atom is 0.255 e. The number of ether oxygens (including phenoxy) is 1. The molecule has 0 saturated heterocycles. The lowest BCUT2D eigenvalue weighted by molar-refractivity contribution is 0.340.